The predicted octanol–water partition coefficient (Wildman–Crippen LogP) is 2.74. The van der Waals surface area contributed by atoms with Gasteiger partial charge in [0.1, 0.15) is 12.4 Å². The Kier molecular flexibility index (Phi) is 11.8. The zero-order valence-electron chi connectivity index (χ0n) is 15.4. The second-order valence-electron chi connectivity index (χ2n) is 5.59. The molecule has 0 saturated heterocycles. The van der Waals surface area contributed by atoms with Gasteiger partial charge < -0.3 is 20.1 Å². The minimum Gasteiger partial charge on any atom is -0.492 e. The van der Waals surface area contributed by atoms with Crippen LogP contribution >= 0.6 is 0 Å². The molecule has 1 aromatic rings. The average molecular weight is 349 g/mol. The van der Waals surface area contributed by atoms with Crippen LogP contribution in [-0.4, -0.2) is 45.3 Å². The van der Waals surface area contributed by atoms with Gasteiger partial charge in [0.05, 0.1) is 13.7 Å². The van der Waals surface area contributed by atoms with E-state index in [4.69, 9.17) is 4.74 Å². The molecule has 0 saturated carbocycles. The molecule has 0 radical (unpaired) electrons. The van der Waals surface area contributed by atoms with Crippen molar-refractivity contribution in [3.05, 3.63) is 30.3 Å². The van der Waals surface area contributed by atoms with Crippen LogP contribution in [0.15, 0.2) is 35.3 Å². The van der Waals surface area contributed by atoms with Crippen LogP contribution in [0.4, 0.5) is 0 Å². The Morgan fingerprint density at radius 3 is 2.56 bits per heavy atom. The van der Waals surface area contributed by atoms with Crippen LogP contribution in [0.25, 0.3) is 0 Å². The summed E-state index contributed by atoms with van der Waals surface area (Å²) < 4.78 is 10.3. The number of carbonyl (C=O) groups is 1. The number of methoxy groups -OCH3 is 1. The Bertz CT molecular complexity index is 492. The number of benzene rings is 1. The summed E-state index contributed by atoms with van der Waals surface area (Å²) in [6, 6.07) is 9.77. The molecule has 1 rings (SSSR count). The molecular weight excluding hydrogens is 318 g/mol. The monoisotopic (exact) mass is 349 g/mol. The maximum Gasteiger partial charge on any atom is 0.305 e. The van der Waals surface area contributed by atoms with Crippen molar-refractivity contribution in [3.8, 4) is 5.75 Å². The van der Waals surface area contributed by atoms with Crippen molar-refractivity contribution >= 4 is 11.9 Å². The largest absolute Gasteiger partial charge is 0.492 e. The summed E-state index contributed by atoms with van der Waals surface area (Å²) >= 11 is 0. The van der Waals surface area contributed by atoms with Crippen LogP contribution in [0.5, 0.6) is 5.75 Å². The molecule has 140 valence electrons. The zero-order chi connectivity index (χ0) is 18.2. The van der Waals surface area contributed by atoms with E-state index in [1.807, 2.05) is 37.3 Å². The van der Waals surface area contributed by atoms with E-state index in [1.165, 1.54) is 7.11 Å². The van der Waals surface area contributed by atoms with E-state index in [0.29, 0.717) is 19.6 Å². The number of nitrogens with one attached hydrogen (secondary N) is 2. The van der Waals surface area contributed by atoms with E-state index in [9.17, 15) is 4.79 Å². The van der Waals surface area contributed by atoms with Crippen molar-refractivity contribution in [2.24, 2.45) is 4.99 Å². The lowest BCUT2D eigenvalue weighted by atomic mass is 10.1. The number of ether oxygens (including phenoxy) is 2. The fourth-order valence-electron chi connectivity index (χ4n) is 2.22. The number of guanidine groups is 1. The molecule has 0 amide bonds. The lowest BCUT2D eigenvalue weighted by molar-refractivity contribution is -0.140. The molecule has 0 aliphatic rings. The molecule has 0 bridgehead atoms. The number of nitrogens with zero attached hydrogens (tertiary/aromatic N) is 1. The smallest absolute Gasteiger partial charge is 0.305 e. The molecule has 0 aromatic heterocycles. The lowest BCUT2D eigenvalue weighted by Gasteiger charge is -2.12. The van der Waals surface area contributed by atoms with Crippen LogP contribution in [0, 0.1) is 0 Å². The summed E-state index contributed by atoms with van der Waals surface area (Å²) in [7, 11) is 1.43. The number of esters is 1. The third-order valence-electron chi connectivity index (χ3n) is 3.54. The summed E-state index contributed by atoms with van der Waals surface area (Å²) in [6.45, 7) is 4.92. The van der Waals surface area contributed by atoms with E-state index >= 15 is 0 Å². The molecule has 1 aromatic carbocycles. The normalized spacial score (nSPS) is 11.0. The van der Waals surface area contributed by atoms with Crippen molar-refractivity contribution in [3.63, 3.8) is 0 Å². The van der Waals surface area contributed by atoms with Gasteiger partial charge >= 0.3 is 5.97 Å². The van der Waals surface area contributed by atoms with Crippen molar-refractivity contribution in [1.29, 1.82) is 0 Å². The van der Waals surface area contributed by atoms with Crippen molar-refractivity contribution in [2.45, 2.75) is 39.0 Å². The van der Waals surface area contributed by atoms with Gasteiger partial charge in [-0.1, -0.05) is 31.0 Å². The number of aliphatic imine (C=N–C) groups is 1. The summed E-state index contributed by atoms with van der Waals surface area (Å²) in [5, 5.41) is 6.50. The molecule has 0 aliphatic carbocycles. The van der Waals surface area contributed by atoms with E-state index in [2.05, 4.69) is 20.4 Å². The second-order valence-corrected chi connectivity index (χ2v) is 5.59. The van der Waals surface area contributed by atoms with Gasteiger partial charge in [-0.25, -0.2) is 0 Å². The molecule has 6 nitrogen and oxygen atoms in total. The number of para-hydroxylation sites is 1. The Morgan fingerprint density at radius 2 is 1.84 bits per heavy atom. The molecule has 0 spiro atoms. The lowest BCUT2D eigenvalue weighted by Crippen LogP contribution is -2.39. The van der Waals surface area contributed by atoms with Gasteiger partial charge in [0.15, 0.2) is 5.96 Å². The van der Waals surface area contributed by atoms with Crippen LogP contribution in [0.1, 0.15) is 39.0 Å². The van der Waals surface area contributed by atoms with Gasteiger partial charge in [-0.15, -0.1) is 0 Å². The number of rotatable bonds is 12. The van der Waals surface area contributed by atoms with Gasteiger partial charge in [-0.05, 0) is 31.9 Å². The van der Waals surface area contributed by atoms with Crippen LogP contribution < -0.4 is 15.4 Å². The Morgan fingerprint density at radius 1 is 1.08 bits per heavy atom. The molecule has 0 unspecified atom stereocenters. The number of hydrogen-bond donors (Lipinski definition) is 2. The molecule has 0 fully saturated rings. The molecular formula is C19H31N3O3. The van der Waals surface area contributed by atoms with Crippen LogP contribution in [-0.2, 0) is 9.53 Å². The highest BCUT2D eigenvalue weighted by Gasteiger charge is 2.00. The number of unbranched alkanes of at least 4 members (excludes halogenated alkanes) is 3. The maximum absolute atomic E-state index is 11.0. The molecule has 0 aliphatic heterocycles. The highest BCUT2D eigenvalue weighted by atomic mass is 16.5. The molecule has 0 atom stereocenters. The third-order valence-corrected chi connectivity index (χ3v) is 3.54. The van der Waals surface area contributed by atoms with Crippen molar-refractivity contribution in [2.75, 3.05) is 33.4 Å². The van der Waals surface area contributed by atoms with E-state index in [0.717, 1.165) is 50.5 Å². The van der Waals surface area contributed by atoms with Crippen LogP contribution in [0.2, 0.25) is 0 Å². The first-order valence-electron chi connectivity index (χ1n) is 9.03. The predicted molar refractivity (Wildman–Crippen MR) is 101 cm³/mol. The SMILES string of the molecule is CCNC(=NCCCCCCC(=O)OC)NCCOc1ccccc1. The first-order valence-corrected chi connectivity index (χ1v) is 9.03. The Labute approximate surface area is 151 Å². The summed E-state index contributed by atoms with van der Waals surface area (Å²) in [4.78, 5) is 15.6. The Hall–Kier alpha value is -2.24. The highest BCUT2D eigenvalue weighted by molar-refractivity contribution is 5.79. The first kappa shape index (κ1) is 20.8. The average Bonchev–Trinajstić information content (AvgIpc) is 2.64. The third kappa shape index (κ3) is 11.0. The van der Waals surface area contributed by atoms with Crippen LogP contribution in [0.3, 0.4) is 0 Å². The quantitative estimate of drug-likeness (QED) is 0.263. The maximum atomic E-state index is 11.0. The van der Waals surface area contributed by atoms with Crippen molar-refractivity contribution < 1.29 is 14.3 Å². The summed E-state index contributed by atoms with van der Waals surface area (Å²) in [5.74, 6) is 1.56. The molecule has 6 heteroatoms. The van der Waals surface area contributed by atoms with E-state index in [1.54, 1.807) is 0 Å². The zero-order valence-corrected chi connectivity index (χ0v) is 15.4. The van der Waals surface area contributed by atoms with Gasteiger partial charge in [0, 0.05) is 19.5 Å². The van der Waals surface area contributed by atoms with Gasteiger partial charge in [0.2, 0.25) is 0 Å². The number of carbonyl (C=O) groups excluding carboxylic acids is 1. The highest BCUT2D eigenvalue weighted by Crippen LogP contribution is 2.07. The summed E-state index contributed by atoms with van der Waals surface area (Å²) in [6.07, 6.45) is 4.49. The fourth-order valence-corrected chi connectivity index (χ4v) is 2.22. The first-order chi connectivity index (χ1) is 12.3. The molecule has 2 N–H and O–H groups in total. The minimum absolute atomic E-state index is 0.130. The Balaban J connectivity index is 2.12. The molecule has 25 heavy (non-hydrogen) atoms. The fraction of sp³-hybridized carbons (Fsp3) is 0.579. The standard InChI is InChI=1S/C19H31N3O3/c1-3-20-19(21-14-10-5-4-9-13-18(23)24-2)22-15-16-25-17-11-7-6-8-12-17/h6-8,11-12H,3-5,9-10,13-16H2,1-2H3,(H2,20,21,22). The minimum atomic E-state index is -0.130. The van der Waals surface area contributed by atoms with Gasteiger partial charge in [-0.3, -0.25) is 9.79 Å². The van der Waals surface area contributed by atoms with E-state index in [-0.39, 0.29) is 5.97 Å². The van der Waals surface area contributed by atoms with Gasteiger partial charge in [-0.2, -0.15) is 0 Å². The topological polar surface area (TPSA) is 72.0 Å². The van der Waals surface area contributed by atoms with Crippen molar-refractivity contribution in [1.82, 2.24) is 10.6 Å². The van der Waals surface area contributed by atoms with Gasteiger partial charge in [0.25, 0.3) is 0 Å². The van der Waals surface area contributed by atoms with E-state index < -0.39 is 0 Å². The number of hydrogen-bond acceptors (Lipinski definition) is 4. The second kappa shape index (κ2) is 14.1. The molecule has 0 heterocycles. The summed E-state index contributed by atoms with van der Waals surface area (Å²) in [5.41, 5.74) is 0.